The van der Waals surface area contributed by atoms with E-state index in [1.54, 1.807) is 6.07 Å². The first kappa shape index (κ1) is 12.0. The summed E-state index contributed by atoms with van der Waals surface area (Å²) in [5, 5.41) is 0. The average Bonchev–Trinajstić information content (AvgIpc) is 2.85. The Bertz CT molecular complexity index is 411. The van der Waals surface area contributed by atoms with Crippen molar-refractivity contribution in [3.05, 3.63) is 18.0 Å². The van der Waals surface area contributed by atoms with Crippen molar-refractivity contribution in [1.82, 2.24) is 9.47 Å². The van der Waals surface area contributed by atoms with E-state index >= 15 is 0 Å². The highest BCUT2D eigenvalue weighted by Crippen LogP contribution is 2.21. The Morgan fingerprint density at radius 2 is 2.35 bits per heavy atom. The lowest BCUT2D eigenvalue weighted by molar-refractivity contribution is 0.0736. The van der Waals surface area contributed by atoms with Gasteiger partial charge in [-0.2, -0.15) is 0 Å². The summed E-state index contributed by atoms with van der Waals surface area (Å²) in [6.07, 6.45) is 5.08. The van der Waals surface area contributed by atoms with Crippen LogP contribution in [0.5, 0.6) is 0 Å². The zero-order valence-corrected chi connectivity index (χ0v) is 10.6. The van der Waals surface area contributed by atoms with Crippen LogP contribution in [0.4, 0.5) is 5.69 Å². The van der Waals surface area contributed by atoms with Gasteiger partial charge in [-0.05, 0) is 32.3 Å². The molecule has 0 saturated carbocycles. The monoisotopic (exact) mass is 235 g/mol. The van der Waals surface area contributed by atoms with E-state index in [1.807, 2.05) is 15.7 Å². The maximum absolute atomic E-state index is 12.4. The molecule has 0 aromatic carbocycles. The lowest BCUT2D eigenvalue weighted by Gasteiger charge is -2.22. The first-order valence-corrected chi connectivity index (χ1v) is 6.40. The summed E-state index contributed by atoms with van der Waals surface area (Å²) in [6, 6.07) is 2.15. The van der Waals surface area contributed by atoms with E-state index < -0.39 is 0 Å². The molecule has 0 spiro atoms. The molecule has 0 radical (unpaired) electrons. The molecule has 2 rings (SSSR count). The molecule has 2 N–H and O–H groups in total. The Hall–Kier alpha value is -1.45. The minimum atomic E-state index is 0.125. The van der Waals surface area contributed by atoms with E-state index in [9.17, 15) is 4.79 Å². The van der Waals surface area contributed by atoms with E-state index in [0.29, 0.717) is 11.7 Å². The minimum Gasteiger partial charge on any atom is -0.397 e. The summed E-state index contributed by atoms with van der Waals surface area (Å²) >= 11 is 0. The Labute approximate surface area is 102 Å². The number of carbonyl (C=O) groups excluding carboxylic acids is 1. The van der Waals surface area contributed by atoms with Crippen LogP contribution >= 0.6 is 0 Å². The smallest absolute Gasteiger partial charge is 0.270 e. The van der Waals surface area contributed by atoms with Gasteiger partial charge in [-0.25, -0.2) is 0 Å². The molecule has 94 valence electrons. The molecule has 17 heavy (non-hydrogen) atoms. The fourth-order valence-electron chi connectivity index (χ4n) is 2.52. The molecule has 0 aliphatic carbocycles. The van der Waals surface area contributed by atoms with Crippen LogP contribution in [-0.2, 0) is 6.54 Å². The van der Waals surface area contributed by atoms with Crippen molar-refractivity contribution >= 4 is 11.6 Å². The number of hydrogen-bond donors (Lipinski definition) is 1. The van der Waals surface area contributed by atoms with E-state index in [2.05, 4.69) is 13.8 Å². The molecule has 2 heterocycles. The maximum atomic E-state index is 12.4. The van der Waals surface area contributed by atoms with Crippen molar-refractivity contribution in [3.8, 4) is 0 Å². The van der Waals surface area contributed by atoms with Crippen LogP contribution in [0.3, 0.4) is 0 Å². The number of nitrogen functional groups attached to an aromatic ring is 1. The van der Waals surface area contributed by atoms with Crippen LogP contribution < -0.4 is 5.73 Å². The molecule has 1 aliphatic rings. The van der Waals surface area contributed by atoms with Crippen molar-refractivity contribution < 1.29 is 4.79 Å². The molecule has 1 saturated heterocycles. The zero-order valence-electron chi connectivity index (χ0n) is 10.6. The van der Waals surface area contributed by atoms with Gasteiger partial charge in [-0.1, -0.05) is 6.92 Å². The number of amides is 1. The molecular formula is C13H21N3O. The summed E-state index contributed by atoms with van der Waals surface area (Å²) in [7, 11) is 0. The summed E-state index contributed by atoms with van der Waals surface area (Å²) < 4.78 is 1.97. The van der Waals surface area contributed by atoms with Crippen LogP contribution in [-0.4, -0.2) is 28.0 Å². The van der Waals surface area contributed by atoms with Gasteiger partial charge in [0, 0.05) is 25.3 Å². The fourth-order valence-corrected chi connectivity index (χ4v) is 2.52. The number of likely N-dealkylation sites (tertiary alicyclic amines) is 1. The number of aromatic nitrogens is 1. The van der Waals surface area contributed by atoms with Gasteiger partial charge in [0.15, 0.2) is 0 Å². The summed E-state index contributed by atoms with van der Waals surface area (Å²) in [4.78, 5) is 14.4. The van der Waals surface area contributed by atoms with Crippen LogP contribution in [0.2, 0.25) is 0 Å². The molecule has 1 fully saturated rings. The highest BCUT2D eigenvalue weighted by molar-refractivity contribution is 5.94. The summed E-state index contributed by atoms with van der Waals surface area (Å²) in [6.45, 7) is 5.93. The Morgan fingerprint density at radius 3 is 2.94 bits per heavy atom. The van der Waals surface area contributed by atoms with Crippen molar-refractivity contribution in [2.75, 3.05) is 12.3 Å². The molecule has 1 atom stereocenters. The van der Waals surface area contributed by atoms with E-state index in [1.165, 1.54) is 0 Å². The molecule has 0 bridgehead atoms. The largest absolute Gasteiger partial charge is 0.397 e. The third-order valence-corrected chi connectivity index (χ3v) is 3.42. The Balaban J connectivity index is 2.23. The van der Waals surface area contributed by atoms with Crippen molar-refractivity contribution in [3.63, 3.8) is 0 Å². The van der Waals surface area contributed by atoms with Gasteiger partial charge in [0.1, 0.15) is 5.69 Å². The van der Waals surface area contributed by atoms with Crippen LogP contribution in [0, 0.1) is 0 Å². The second-order valence-corrected chi connectivity index (χ2v) is 4.84. The van der Waals surface area contributed by atoms with E-state index in [4.69, 9.17) is 5.73 Å². The topological polar surface area (TPSA) is 51.3 Å². The zero-order chi connectivity index (χ0) is 12.4. The third-order valence-electron chi connectivity index (χ3n) is 3.42. The standard InChI is InChI=1S/C13H21N3O/c1-3-6-15-9-11(14)8-12(15)13(17)16-7-4-5-10(16)2/h8-10H,3-7,14H2,1-2H3. The Kier molecular flexibility index (Phi) is 3.41. The molecule has 4 nitrogen and oxygen atoms in total. The number of rotatable bonds is 3. The molecule has 1 aromatic rings. The highest BCUT2D eigenvalue weighted by atomic mass is 16.2. The van der Waals surface area contributed by atoms with Gasteiger partial charge in [0.2, 0.25) is 0 Å². The normalized spacial score (nSPS) is 19.9. The molecule has 1 unspecified atom stereocenters. The number of aryl methyl sites for hydroxylation is 1. The molecular weight excluding hydrogens is 214 g/mol. The number of hydrogen-bond acceptors (Lipinski definition) is 2. The van der Waals surface area contributed by atoms with Crippen molar-refractivity contribution in [1.29, 1.82) is 0 Å². The van der Waals surface area contributed by atoms with E-state index in [0.717, 1.165) is 38.0 Å². The lowest BCUT2D eigenvalue weighted by atomic mass is 10.2. The second kappa shape index (κ2) is 4.82. The third kappa shape index (κ3) is 2.30. The first-order valence-electron chi connectivity index (χ1n) is 6.40. The fraction of sp³-hybridized carbons (Fsp3) is 0.615. The van der Waals surface area contributed by atoms with Crippen LogP contribution in [0.15, 0.2) is 12.3 Å². The van der Waals surface area contributed by atoms with Gasteiger partial charge < -0.3 is 15.2 Å². The highest BCUT2D eigenvalue weighted by Gasteiger charge is 2.27. The molecule has 1 amide bonds. The Morgan fingerprint density at radius 1 is 1.59 bits per heavy atom. The number of anilines is 1. The van der Waals surface area contributed by atoms with Gasteiger partial charge in [0.25, 0.3) is 5.91 Å². The van der Waals surface area contributed by atoms with Gasteiger partial charge in [0.05, 0.1) is 5.69 Å². The first-order chi connectivity index (χ1) is 8.13. The number of nitrogens with zero attached hydrogens (tertiary/aromatic N) is 2. The maximum Gasteiger partial charge on any atom is 0.270 e. The minimum absolute atomic E-state index is 0.125. The summed E-state index contributed by atoms with van der Waals surface area (Å²) in [5.74, 6) is 0.125. The average molecular weight is 235 g/mol. The molecule has 1 aromatic heterocycles. The van der Waals surface area contributed by atoms with Crippen molar-refractivity contribution in [2.24, 2.45) is 0 Å². The van der Waals surface area contributed by atoms with Gasteiger partial charge in [-0.15, -0.1) is 0 Å². The van der Waals surface area contributed by atoms with Crippen LogP contribution in [0.1, 0.15) is 43.6 Å². The lowest BCUT2D eigenvalue weighted by Crippen LogP contribution is -2.34. The predicted molar refractivity (Wildman–Crippen MR) is 68.9 cm³/mol. The molecule has 1 aliphatic heterocycles. The van der Waals surface area contributed by atoms with Gasteiger partial charge >= 0.3 is 0 Å². The molecule has 4 heteroatoms. The van der Waals surface area contributed by atoms with Crippen LogP contribution in [0.25, 0.3) is 0 Å². The van der Waals surface area contributed by atoms with E-state index in [-0.39, 0.29) is 5.91 Å². The number of nitrogens with two attached hydrogens (primary N) is 1. The SMILES string of the molecule is CCCn1cc(N)cc1C(=O)N1CCCC1C. The predicted octanol–water partition coefficient (Wildman–Crippen LogP) is 2.10. The number of carbonyl (C=O) groups is 1. The van der Waals surface area contributed by atoms with Crippen molar-refractivity contribution in [2.45, 2.75) is 45.7 Å². The second-order valence-electron chi connectivity index (χ2n) is 4.84. The summed E-state index contributed by atoms with van der Waals surface area (Å²) in [5.41, 5.74) is 7.20. The quantitative estimate of drug-likeness (QED) is 0.872. The van der Waals surface area contributed by atoms with Gasteiger partial charge in [-0.3, -0.25) is 4.79 Å².